The van der Waals surface area contributed by atoms with Gasteiger partial charge in [0.05, 0.1) is 32.4 Å². The van der Waals surface area contributed by atoms with Crippen LogP contribution in [0.2, 0.25) is 0 Å². The van der Waals surface area contributed by atoms with Crippen LogP contribution in [0.1, 0.15) is 19.4 Å². The molecule has 3 aromatic rings. The van der Waals surface area contributed by atoms with E-state index in [1.54, 1.807) is 20.3 Å². The van der Waals surface area contributed by atoms with Gasteiger partial charge in [-0.15, -0.1) is 0 Å². The van der Waals surface area contributed by atoms with E-state index in [0.29, 0.717) is 48.3 Å². The number of carbonyl (C=O) groups is 2. The van der Waals surface area contributed by atoms with Crippen LogP contribution >= 0.6 is 0 Å². The smallest absolute Gasteiger partial charge is 0.322 e. The average Bonchev–Trinajstić information content (AvgIpc) is 2.94. The summed E-state index contributed by atoms with van der Waals surface area (Å²) in [6.45, 7) is 5.51. The number of benzene rings is 3. The van der Waals surface area contributed by atoms with Gasteiger partial charge in [-0.2, -0.15) is 0 Å². The topological polar surface area (TPSA) is 80.3 Å². The Labute approximate surface area is 224 Å². The van der Waals surface area contributed by atoms with Crippen molar-refractivity contribution in [1.29, 1.82) is 0 Å². The van der Waals surface area contributed by atoms with Crippen molar-refractivity contribution in [3.05, 3.63) is 78.4 Å². The van der Waals surface area contributed by atoms with Gasteiger partial charge in [0.1, 0.15) is 5.75 Å². The molecular formula is C30H35N3O5. The molecule has 1 fully saturated rings. The molecule has 1 N–H and O–H groups in total. The summed E-state index contributed by atoms with van der Waals surface area (Å²) in [7, 11) is 3.16. The SMILES string of the molecule is COc1ccc(CC(=O)N2CCN(C(=O)Nc3ccccc3Oc3ccccc3)C(C(C)C)C2)cc1OC. The fourth-order valence-electron chi connectivity index (χ4n) is 4.60. The first kappa shape index (κ1) is 26.9. The summed E-state index contributed by atoms with van der Waals surface area (Å²) in [6.07, 6.45) is 0.252. The predicted octanol–water partition coefficient (Wildman–Crippen LogP) is 5.44. The van der Waals surface area contributed by atoms with Gasteiger partial charge in [0.15, 0.2) is 17.2 Å². The molecule has 1 atom stereocenters. The summed E-state index contributed by atoms with van der Waals surface area (Å²) in [5, 5.41) is 3.03. The van der Waals surface area contributed by atoms with E-state index in [-0.39, 0.29) is 30.3 Å². The van der Waals surface area contributed by atoms with Crippen molar-refractivity contribution in [2.45, 2.75) is 26.3 Å². The third-order valence-corrected chi connectivity index (χ3v) is 6.70. The molecule has 4 rings (SSSR count). The number of amides is 3. The van der Waals surface area contributed by atoms with Crippen molar-refractivity contribution >= 4 is 17.6 Å². The van der Waals surface area contributed by atoms with Gasteiger partial charge in [0, 0.05) is 19.6 Å². The van der Waals surface area contributed by atoms with Gasteiger partial charge in [-0.1, -0.05) is 50.2 Å². The van der Waals surface area contributed by atoms with Crippen LogP contribution in [0.4, 0.5) is 10.5 Å². The van der Waals surface area contributed by atoms with E-state index in [1.807, 2.05) is 76.5 Å². The van der Waals surface area contributed by atoms with Crippen LogP contribution in [-0.4, -0.2) is 61.6 Å². The molecule has 38 heavy (non-hydrogen) atoms. The van der Waals surface area contributed by atoms with Gasteiger partial charge >= 0.3 is 6.03 Å². The number of hydrogen-bond acceptors (Lipinski definition) is 5. The highest BCUT2D eigenvalue weighted by Crippen LogP contribution is 2.31. The molecule has 8 nitrogen and oxygen atoms in total. The van der Waals surface area contributed by atoms with Crippen molar-refractivity contribution in [3.63, 3.8) is 0 Å². The lowest BCUT2D eigenvalue weighted by Gasteiger charge is -2.43. The number of carbonyl (C=O) groups excluding carboxylic acids is 2. The fourth-order valence-corrected chi connectivity index (χ4v) is 4.60. The van der Waals surface area contributed by atoms with E-state index in [9.17, 15) is 9.59 Å². The van der Waals surface area contributed by atoms with Crippen LogP contribution in [0.3, 0.4) is 0 Å². The normalized spacial score (nSPS) is 15.2. The summed E-state index contributed by atoms with van der Waals surface area (Å²) in [4.78, 5) is 30.3. The molecule has 1 aliphatic heterocycles. The second kappa shape index (κ2) is 12.4. The van der Waals surface area contributed by atoms with Gasteiger partial charge < -0.3 is 29.3 Å². The molecule has 0 spiro atoms. The van der Waals surface area contributed by atoms with Gasteiger partial charge in [-0.05, 0) is 47.9 Å². The van der Waals surface area contributed by atoms with Crippen LogP contribution < -0.4 is 19.5 Å². The van der Waals surface area contributed by atoms with Gasteiger partial charge in [0.2, 0.25) is 5.91 Å². The molecule has 1 aliphatic rings. The number of nitrogens with zero attached hydrogens (tertiary/aromatic N) is 2. The summed E-state index contributed by atoms with van der Waals surface area (Å²) in [6, 6.07) is 22.0. The lowest BCUT2D eigenvalue weighted by atomic mass is 9.99. The lowest BCUT2D eigenvalue weighted by molar-refractivity contribution is -0.133. The van der Waals surface area contributed by atoms with Crippen molar-refractivity contribution in [1.82, 2.24) is 9.80 Å². The molecule has 200 valence electrons. The van der Waals surface area contributed by atoms with Crippen LogP contribution in [-0.2, 0) is 11.2 Å². The first-order valence-electron chi connectivity index (χ1n) is 12.8. The van der Waals surface area contributed by atoms with E-state index >= 15 is 0 Å². The second-order valence-electron chi connectivity index (χ2n) is 9.55. The van der Waals surface area contributed by atoms with Crippen molar-refractivity contribution in [3.8, 4) is 23.0 Å². The number of para-hydroxylation sites is 3. The highest BCUT2D eigenvalue weighted by molar-refractivity contribution is 5.91. The van der Waals surface area contributed by atoms with Gasteiger partial charge in [-0.25, -0.2) is 4.79 Å². The minimum atomic E-state index is -0.209. The molecule has 0 radical (unpaired) electrons. The maximum atomic E-state index is 13.4. The van der Waals surface area contributed by atoms with E-state index in [4.69, 9.17) is 14.2 Å². The summed E-state index contributed by atoms with van der Waals surface area (Å²) in [5.41, 5.74) is 1.44. The number of nitrogens with one attached hydrogen (secondary N) is 1. The van der Waals surface area contributed by atoms with Crippen molar-refractivity contribution in [2.75, 3.05) is 39.2 Å². The number of rotatable bonds is 8. The van der Waals surface area contributed by atoms with E-state index in [0.717, 1.165) is 5.56 Å². The Balaban J connectivity index is 1.42. The molecule has 0 saturated carbocycles. The van der Waals surface area contributed by atoms with E-state index < -0.39 is 0 Å². The molecule has 0 aromatic heterocycles. The number of anilines is 1. The zero-order valence-corrected chi connectivity index (χ0v) is 22.3. The molecule has 1 heterocycles. The standard InChI is InChI=1S/C30H35N3O5/c1-21(2)25-20-32(29(34)19-22-14-15-27(36-3)28(18-22)37-4)16-17-33(25)30(35)31-24-12-8-9-13-26(24)38-23-10-6-5-7-11-23/h5-15,18,21,25H,16-17,19-20H2,1-4H3,(H,31,35). The third kappa shape index (κ3) is 6.37. The largest absolute Gasteiger partial charge is 0.493 e. The minimum Gasteiger partial charge on any atom is -0.493 e. The lowest BCUT2D eigenvalue weighted by Crippen LogP contribution is -2.59. The van der Waals surface area contributed by atoms with Crippen LogP contribution in [0, 0.1) is 5.92 Å². The quantitative estimate of drug-likeness (QED) is 0.430. The Hall–Kier alpha value is -4.20. The summed E-state index contributed by atoms with van der Waals surface area (Å²) >= 11 is 0. The van der Waals surface area contributed by atoms with E-state index in [2.05, 4.69) is 19.2 Å². The monoisotopic (exact) mass is 517 g/mol. The summed E-state index contributed by atoms with van der Waals surface area (Å²) < 4.78 is 16.7. The zero-order valence-electron chi connectivity index (χ0n) is 22.3. The zero-order chi connectivity index (χ0) is 27.1. The third-order valence-electron chi connectivity index (χ3n) is 6.70. The average molecular weight is 518 g/mol. The highest BCUT2D eigenvalue weighted by Gasteiger charge is 2.34. The molecule has 3 amide bonds. The van der Waals surface area contributed by atoms with Gasteiger partial charge in [-0.3, -0.25) is 4.79 Å². The molecule has 8 heteroatoms. The Morgan fingerprint density at radius 2 is 1.61 bits per heavy atom. The fraction of sp³-hybridized carbons (Fsp3) is 0.333. The Morgan fingerprint density at radius 3 is 2.32 bits per heavy atom. The summed E-state index contributed by atoms with van der Waals surface area (Å²) in [5.74, 6) is 2.65. The van der Waals surface area contributed by atoms with Gasteiger partial charge in [0.25, 0.3) is 0 Å². The van der Waals surface area contributed by atoms with Crippen molar-refractivity contribution < 1.29 is 23.8 Å². The predicted molar refractivity (Wildman–Crippen MR) is 147 cm³/mol. The molecule has 0 aliphatic carbocycles. The number of urea groups is 1. The van der Waals surface area contributed by atoms with Crippen LogP contribution in [0.25, 0.3) is 0 Å². The first-order chi connectivity index (χ1) is 18.4. The number of piperazine rings is 1. The molecule has 1 unspecified atom stereocenters. The Bertz CT molecular complexity index is 1250. The first-order valence-corrected chi connectivity index (χ1v) is 12.8. The number of hydrogen-bond donors (Lipinski definition) is 1. The molecule has 1 saturated heterocycles. The Kier molecular flexibility index (Phi) is 8.73. The second-order valence-corrected chi connectivity index (χ2v) is 9.55. The molecule has 3 aromatic carbocycles. The van der Waals surface area contributed by atoms with Crippen molar-refractivity contribution in [2.24, 2.45) is 5.92 Å². The number of methoxy groups -OCH3 is 2. The molecule has 0 bridgehead atoms. The maximum Gasteiger partial charge on any atom is 0.322 e. The van der Waals surface area contributed by atoms with Crippen LogP contribution in [0.15, 0.2) is 72.8 Å². The van der Waals surface area contributed by atoms with E-state index in [1.165, 1.54) is 0 Å². The molecular weight excluding hydrogens is 482 g/mol. The maximum absolute atomic E-state index is 13.4. The highest BCUT2D eigenvalue weighted by atomic mass is 16.5. The number of ether oxygens (including phenoxy) is 3. The minimum absolute atomic E-state index is 0.0181. The van der Waals surface area contributed by atoms with Crippen LogP contribution in [0.5, 0.6) is 23.0 Å². The Morgan fingerprint density at radius 1 is 0.895 bits per heavy atom.